The lowest BCUT2D eigenvalue weighted by Gasteiger charge is -2.06. The van der Waals surface area contributed by atoms with Gasteiger partial charge in [-0.25, -0.2) is 4.79 Å². The average molecular weight is 197 g/mol. The van der Waals surface area contributed by atoms with E-state index in [1.54, 1.807) is 0 Å². The van der Waals surface area contributed by atoms with Gasteiger partial charge in [0.05, 0.1) is 12.2 Å². The third kappa shape index (κ3) is 3.89. The minimum Gasteiger partial charge on any atom is -0.462 e. The number of unbranched alkanes of at least 4 members (excludes halogenated alkanes) is 1. The monoisotopic (exact) mass is 197 g/mol. The Morgan fingerprint density at radius 3 is 2.29 bits per heavy atom. The summed E-state index contributed by atoms with van der Waals surface area (Å²) in [6.07, 6.45) is 1.71. The Balaban J connectivity index is 4.07. The van der Waals surface area contributed by atoms with Crippen LogP contribution in [0.4, 0.5) is 0 Å². The smallest absolute Gasteiger partial charge is 0.338 e. The molecule has 0 heterocycles. The predicted octanol–water partition coefficient (Wildman–Crippen LogP) is 0.927. The highest BCUT2D eigenvalue weighted by molar-refractivity contribution is 6.07. The molecule has 4 heteroatoms. The van der Waals surface area contributed by atoms with E-state index in [9.17, 15) is 9.59 Å². The Kier molecular flexibility index (Phi) is 5.29. The predicted molar refractivity (Wildman–Crippen MR) is 53.3 cm³/mol. The maximum atomic E-state index is 11.2. The molecule has 78 valence electrons. The number of hydrogen-bond donors (Lipinski definition) is 1. The van der Waals surface area contributed by atoms with Crippen LogP contribution < -0.4 is 5.73 Å². The minimum absolute atomic E-state index is 0.0754. The molecule has 0 fully saturated rings. The Morgan fingerprint density at radius 1 is 1.29 bits per heavy atom. The fourth-order valence-corrected chi connectivity index (χ4v) is 0.668. The first-order valence-corrected chi connectivity index (χ1v) is 4.35. The highest BCUT2D eigenvalue weighted by atomic mass is 16.5. The molecule has 0 rings (SSSR count). The molecule has 2 N–H and O–H groups in total. The largest absolute Gasteiger partial charge is 0.462 e. The number of ether oxygens (including phenoxy) is 1. The van der Waals surface area contributed by atoms with Crippen molar-refractivity contribution in [3.05, 3.63) is 24.3 Å². The van der Waals surface area contributed by atoms with Gasteiger partial charge in [-0.15, -0.1) is 0 Å². The van der Waals surface area contributed by atoms with E-state index in [2.05, 4.69) is 13.2 Å². The van der Waals surface area contributed by atoms with E-state index < -0.39 is 11.9 Å². The molecule has 0 spiro atoms. The maximum Gasteiger partial charge on any atom is 0.338 e. The molecule has 4 nitrogen and oxygen atoms in total. The van der Waals surface area contributed by atoms with Crippen molar-refractivity contribution in [1.29, 1.82) is 0 Å². The summed E-state index contributed by atoms with van der Waals surface area (Å²) in [7, 11) is 0. The first-order valence-electron chi connectivity index (χ1n) is 4.35. The van der Waals surface area contributed by atoms with Crippen molar-refractivity contribution in [2.75, 3.05) is 6.61 Å². The third-order valence-electron chi connectivity index (χ3n) is 1.64. The summed E-state index contributed by atoms with van der Waals surface area (Å²) in [5, 5.41) is 0. The van der Waals surface area contributed by atoms with Crippen LogP contribution in [-0.2, 0) is 14.3 Å². The van der Waals surface area contributed by atoms with Gasteiger partial charge in [0.25, 0.3) is 0 Å². The van der Waals surface area contributed by atoms with E-state index in [1.807, 2.05) is 6.92 Å². The van der Waals surface area contributed by atoms with Crippen LogP contribution in [0.15, 0.2) is 24.3 Å². The van der Waals surface area contributed by atoms with E-state index in [-0.39, 0.29) is 11.1 Å². The van der Waals surface area contributed by atoms with Gasteiger partial charge in [-0.1, -0.05) is 26.5 Å². The summed E-state index contributed by atoms with van der Waals surface area (Å²) >= 11 is 0. The van der Waals surface area contributed by atoms with E-state index in [0.717, 1.165) is 12.8 Å². The Hall–Kier alpha value is -1.58. The lowest BCUT2D eigenvalue weighted by molar-refractivity contribution is -0.139. The fraction of sp³-hybridized carbons (Fsp3) is 0.400. The molecule has 1 amide bonds. The van der Waals surface area contributed by atoms with Crippen LogP contribution in [0.5, 0.6) is 0 Å². The number of carbonyl (C=O) groups excluding carboxylic acids is 2. The minimum atomic E-state index is -0.762. The SMILES string of the molecule is C=C(C(=C)C(=O)OCCCC)C(N)=O. The summed E-state index contributed by atoms with van der Waals surface area (Å²) in [6, 6.07) is 0. The van der Waals surface area contributed by atoms with Gasteiger partial charge in [0, 0.05) is 5.57 Å². The van der Waals surface area contributed by atoms with Crippen LogP contribution in [0.25, 0.3) is 0 Å². The van der Waals surface area contributed by atoms with Gasteiger partial charge in [0.15, 0.2) is 0 Å². The van der Waals surface area contributed by atoms with Crippen LogP contribution in [0.2, 0.25) is 0 Å². The van der Waals surface area contributed by atoms with Gasteiger partial charge in [-0.05, 0) is 6.42 Å². The zero-order valence-corrected chi connectivity index (χ0v) is 8.34. The van der Waals surface area contributed by atoms with Gasteiger partial charge in [-0.2, -0.15) is 0 Å². The topological polar surface area (TPSA) is 69.4 Å². The maximum absolute atomic E-state index is 11.2. The molecule has 0 unspecified atom stereocenters. The second-order valence-corrected chi connectivity index (χ2v) is 2.81. The second kappa shape index (κ2) is 5.96. The molecule has 0 aromatic carbocycles. The lowest BCUT2D eigenvalue weighted by atomic mass is 10.1. The molecule has 0 radical (unpaired) electrons. The molecule has 14 heavy (non-hydrogen) atoms. The summed E-state index contributed by atoms with van der Waals surface area (Å²) in [5.41, 5.74) is 4.74. The fourth-order valence-electron chi connectivity index (χ4n) is 0.668. The number of primary amides is 1. The number of rotatable bonds is 6. The van der Waals surface area contributed by atoms with Crippen LogP contribution in [0.1, 0.15) is 19.8 Å². The van der Waals surface area contributed by atoms with E-state index in [0.29, 0.717) is 6.61 Å². The molecule has 0 aromatic rings. The highest BCUT2D eigenvalue weighted by Crippen LogP contribution is 2.06. The van der Waals surface area contributed by atoms with Gasteiger partial charge < -0.3 is 10.5 Å². The molecule has 0 aromatic heterocycles. The standard InChI is InChI=1S/C10H15NO3/c1-4-5-6-14-10(13)8(3)7(2)9(11)12/h2-6H2,1H3,(H2,11,12). The molecule has 0 bridgehead atoms. The van der Waals surface area contributed by atoms with E-state index in [4.69, 9.17) is 10.5 Å². The Labute approximate surface area is 83.4 Å². The lowest BCUT2D eigenvalue weighted by Crippen LogP contribution is -2.19. The zero-order valence-electron chi connectivity index (χ0n) is 8.34. The molecule has 0 saturated heterocycles. The summed E-state index contributed by atoms with van der Waals surface area (Å²) in [6.45, 7) is 9.01. The van der Waals surface area contributed by atoms with Crippen molar-refractivity contribution in [2.45, 2.75) is 19.8 Å². The van der Waals surface area contributed by atoms with Crippen LogP contribution in [0.3, 0.4) is 0 Å². The molecular weight excluding hydrogens is 182 g/mol. The number of esters is 1. The third-order valence-corrected chi connectivity index (χ3v) is 1.64. The number of nitrogens with two attached hydrogens (primary N) is 1. The first-order chi connectivity index (χ1) is 6.50. The Bertz CT molecular complexity index is 269. The van der Waals surface area contributed by atoms with Crippen molar-refractivity contribution in [1.82, 2.24) is 0 Å². The van der Waals surface area contributed by atoms with Crippen molar-refractivity contribution in [3.8, 4) is 0 Å². The van der Waals surface area contributed by atoms with Crippen LogP contribution in [0, 0.1) is 0 Å². The molecule has 0 aliphatic rings. The van der Waals surface area contributed by atoms with Crippen LogP contribution >= 0.6 is 0 Å². The molecule has 0 aliphatic heterocycles. The summed E-state index contributed by atoms with van der Waals surface area (Å²) < 4.78 is 4.81. The molecule has 0 saturated carbocycles. The second-order valence-electron chi connectivity index (χ2n) is 2.81. The number of hydrogen-bond acceptors (Lipinski definition) is 3. The first kappa shape index (κ1) is 12.4. The van der Waals surface area contributed by atoms with Gasteiger partial charge >= 0.3 is 5.97 Å². The number of carbonyl (C=O) groups is 2. The highest BCUT2D eigenvalue weighted by Gasteiger charge is 2.15. The van der Waals surface area contributed by atoms with Crippen molar-refractivity contribution < 1.29 is 14.3 Å². The van der Waals surface area contributed by atoms with Crippen molar-refractivity contribution in [3.63, 3.8) is 0 Å². The molecular formula is C10H15NO3. The zero-order chi connectivity index (χ0) is 11.1. The normalized spacial score (nSPS) is 9.21. The number of amides is 1. The molecule has 0 atom stereocenters. The van der Waals surface area contributed by atoms with Gasteiger partial charge in [0.1, 0.15) is 0 Å². The summed E-state index contributed by atoms with van der Waals surface area (Å²) in [4.78, 5) is 21.8. The van der Waals surface area contributed by atoms with Gasteiger partial charge in [-0.3, -0.25) is 4.79 Å². The van der Waals surface area contributed by atoms with Crippen molar-refractivity contribution in [2.24, 2.45) is 5.73 Å². The van der Waals surface area contributed by atoms with Crippen molar-refractivity contribution >= 4 is 11.9 Å². The van der Waals surface area contributed by atoms with E-state index >= 15 is 0 Å². The summed E-state index contributed by atoms with van der Waals surface area (Å²) in [5.74, 6) is -1.40. The quantitative estimate of drug-likeness (QED) is 0.298. The van der Waals surface area contributed by atoms with Gasteiger partial charge in [0.2, 0.25) is 5.91 Å². The van der Waals surface area contributed by atoms with E-state index in [1.165, 1.54) is 0 Å². The Morgan fingerprint density at radius 2 is 1.86 bits per heavy atom. The van der Waals surface area contributed by atoms with Crippen LogP contribution in [-0.4, -0.2) is 18.5 Å². The molecule has 0 aliphatic carbocycles. The average Bonchev–Trinajstić information content (AvgIpc) is 2.15.